The predicted octanol–water partition coefficient (Wildman–Crippen LogP) is 4.46. The molecule has 0 aliphatic carbocycles. The molecule has 1 N–H and O–H groups in total. The molecule has 3 aromatic rings. The van der Waals surface area contributed by atoms with Crippen LogP contribution in [0.1, 0.15) is 35.7 Å². The minimum Gasteiger partial charge on any atom is -0.286 e. The summed E-state index contributed by atoms with van der Waals surface area (Å²) < 4.78 is 28.8. The van der Waals surface area contributed by atoms with Crippen molar-refractivity contribution in [3.8, 4) is 0 Å². The number of likely N-dealkylation sites (tertiary alicyclic amines) is 1. The van der Waals surface area contributed by atoms with E-state index in [0.717, 1.165) is 11.1 Å². The van der Waals surface area contributed by atoms with E-state index in [1.54, 1.807) is 12.1 Å². The SMILES string of the molecule is Cc1ccc(S(=O)(=O)N[C@H]2CN([C@@H](C)c3ccccc3)[C@H]2c2ccccc2)cc1. The van der Waals surface area contributed by atoms with Crippen LogP contribution in [-0.4, -0.2) is 25.9 Å². The first kappa shape index (κ1) is 19.8. The summed E-state index contributed by atoms with van der Waals surface area (Å²) in [5.41, 5.74) is 3.39. The molecule has 0 aromatic heterocycles. The largest absolute Gasteiger partial charge is 0.286 e. The van der Waals surface area contributed by atoms with Gasteiger partial charge < -0.3 is 0 Å². The standard InChI is InChI=1S/C24H26N2O2S/c1-18-13-15-22(16-14-18)29(27,28)25-23-17-26(19(2)20-9-5-3-6-10-20)24(23)21-11-7-4-8-12-21/h3-16,19,23-25H,17H2,1-2H3/t19-,23-,24-/m0/s1. The predicted molar refractivity (Wildman–Crippen MR) is 116 cm³/mol. The topological polar surface area (TPSA) is 49.4 Å². The van der Waals surface area contributed by atoms with Gasteiger partial charge in [-0.15, -0.1) is 0 Å². The van der Waals surface area contributed by atoms with E-state index in [2.05, 4.69) is 40.8 Å². The molecule has 150 valence electrons. The Hall–Kier alpha value is -2.47. The molecule has 1 aliphatic rings. The summed E-state index contributed by atoms with van der Waals surface area (Å²) in [6.07, 6.45) is 0. The van der Waals surface area contributed by atoms with E-state index in [9.17, 15) is 8.42 Å². The van der Waals surface area contributed by atoms with Gasteiger partial charge in [-0.05, 0) is 37.1 Å². The quantitative estimate of drug-likeness (QED) is 0.657. The Morgan fingerprint density at radius 2 is 1.48 bits per heavy atom. The van der Waals surface area contributed by atoms with Crippen LogP contribution in [0, 0.1) is 6.92 Å². The van der Waals surface area contributed by atoms with Crippen LogP contribution in [0.5, 0.6) is 0 Å². The highest BCUT2D eigenvalue weighted by molar-refractivity contribution is 7.89. The number of rotatable bonds is 6. The molecule has 0 radical (unpaired) electrons. The smallest absolute Gasteiger partial charge is 0.240 e. The molecule has 0 saturated carbocycles. The van der Waals surface area contributed by atoms with Crippen LogP contribution in [0.2, 0.25) is 0 Å². The van der Waals surface area contributed by atoms with Gasteiger partial charge in [0.1, 0.15) is 0 Å². The summed E-state index contributed by atoms with van der Waals surface area (Å²) in [6.45, 7) is 4.79. The van der Waals surface area contributed by atoms with E-state index in [1.165, 1.54) is 5.56 Å². The van der Waals surface area contributed by atoms with E-state index in [1.807, 2.05) is 55.5 Å². The molecule has 0 spiro atoms. The Morgan fingerprint density at radius 3 is 2.10 bits per heavy atom. The molecule has 1 saturated heterocycles. The van der Waals surface area contributed by atoms with Crippen molar-refractivity contribution in [2.45, 2.75) is 36.9 Å². The van der Waals surface area contributed by atoms with Gasteiger partial charge in [-0.2, -0.15) is 0 Å². The number of hydrogen-bond acceptors (Lipinski definition) is 3. The number of nitrogens with one attached hydrogen (secondary N) is 1. The number of aryl methyl sites for hydroxylation is 1. The number of sulfonamides is 1. The fourth-order valence-corrected chi connectivity index (χ4v) is 5.25. The van der Waals surface area contributed by atoms with E-state index in [4.69, 9.17) is 0 Å². The third kappa shape index (κ3) is 4.13. The van der Waals surface area contributed by atoms with Gasteiger partial charge in [0, 0.05) is 12.6 Å². The minimum atomic E-state index is -3.57. The van der Waals surface area contributed by atoms with Crippen LogP contribution >= 0.6 is 0 Å². The first-order valence-electron chi connectivity index (χ1n) is 9.90. The lowest BCUT2D eigenvalue weighted by Crippen LogP contribution is -2.61. The zero-order valence-electron chi connectivity index (χ0n) is 16.7. The number of hydrogen-bond donors (Lipinski definition) is 1. The van der Waals surface area contributed by atoms with Crippen molar-refractivity contribution in [3.63, 3.8) is 0 Å². The first-order chi connectivity index (χ1) is 14.0. The Morgan fingerprint density at radius 1 is 0.897 bits per heavy atom. The van der Waals surface area contributed by atoms with Crippen molar-refractivity contribution >= 4 is 10.0 Å². The lowest BCUT2D eigenvalue weighted by molar-refractivity contribution is 0.0156. The molecule has 4 nitrogen and oxygen atoms in total. The van der Waals surface area contributed by atoms with E-state index < -0.39 is 10.0 Å². The van der Waals surface area contributed by atoms with E-state index >= 15 is 0 Å². The van der Waals surface area contributed by atoms with Gasteiger partial charge in [0.05, 0.1) is 17.0 Å². The Kier molecular flexibility index (Phi) is 5.54. The van der Waals surface area contributed by atoms with E-state index in [-0.39, 0.29) is 18.1 Å². The number of benzene rings is 3. The maximum absolute atomic E-state index is 12.9. The molecule has 0 unspecified atom stereocenters. The van der Waals surface area contributed by atoms with Crippen LogP contribution in [0.15, 0.2) is 89.8 Å². The molecule has 1 aliphatic heterocycles. The third-order valence-corrected chi connectivity index (χ3v) is 7.21. The van der Waals surface area contributed by atoms with Gasteiger partial charge in [0.2, 0.25) is 10.0 Å². The van der Waals surface area contributed by atoms with Gasteiger partial charge in [-0.1, -0.05) is 78.4 Å². The molecular weight excluding hydrogens is 380 g/mol. The van der Waals surface area contributed by atoms with Crippen molar-refractivity contribution in [3.05, 3.63) is 102 Å². The second-order valence-electron chi connectivity index (χ2n) is 7.68. The normalized spacial score (nSPS) is 20.8. The Labute approximate surface area is 173 Å². The van der Waals surface area contributed by atoms with Crippen LogP contribution in [0.3, 0.4) is 0 Å². The van der Waals surface area contributed by atoms with Gasteiger partial charge in [-0.3, -0.25) is 4.90 Å². The molecule has 3 atom stereocenters. The summed E-state index contributed by atoms with van der Waals surface area (Å²) in [5.74, 6) is 0. The fraction of sp³-hybridized carbons (Fsp3) is 0.250. The van der Waals surface area contributed by atoms with Crippen molar-refractivity contribution in [1.29, 1.82) is 0 Å². The summed E-state index contributed by atoms with van der Waals surface area (Å²) in [7, 11) is -3.57. The summed E-state index contributed by atoms with van der Waals surface area (Å²) in [6, 6.07) is 27.5. The zero-order valence-corrected chi connectivity index (χ0v) is 17.5. The van der Waals surface area contributed by atoms with Crippen molar-refractivity contribution in [2.24, 2.45) is 0 Å². The molecule has 1 heterocycles. The van der Waals surface area contributed by atoms with Gasteiger partial charge in [0.15, 0.2) is 0 Å². The molecule has 29 heavy (non-hydrogen) atoms. The van der Waals surface area contributed by atoms with Crippen LogP contribution in [-0.2, 0) is 10.0 Å². The number of nitrogens with zero attached hydrogens (tertiary/aromatic N) is 1. The molecule has 0 bridgehead atoms. The molecule has 1 fully saturated rings. The van der Waals surface area contributed by atoms with Gasteiger partial charge >= 0.3 is 0 Å². The third-order valence-electron chi connectivity index (χ3n) is 5.70. The Balaban J connectivity index is 1.59. The van der Waals surface area contributed by atoms with Gasteiger partial charge in [-0.25, -0.2) is 13.1 Å². The molecule has 4 rings (SSSR count). The maximum atomic E-state index is 12.9. The summed E-state index contributed by atoms with van der Waals surface area (Å²) in [5, 5.41) is 0. The zero-order chi connectivity index (χ0) is 20.4. The van der Waals surface area contributed by atoms with Crippen molar-refractivity contribution < 1.29 is 8.42 Å². The second-order valence-corrected chi connectivity index (χ2v) is 9.39. The summed E-state index contributed by atoms with van der Waals surface area (Å²) in [4.78, 5) is 2.66. The average molecular weight is 407 g/mol. The first-order valence-corrected chi connectivity index (χ1v) is 11.4. The maximum Gasteiger partial charge on any atom is 0.240 e. The molecule has 5 heteroatoms. The lowest BCUT2D eigenvalue weighted by atomic mass is 9.87. The van der Waals surface area contributed by atoms with E-state index in [0.29, 0.717) is 11.4 Å². The minimum absolute atomic E-state index is 0.00775. The highest BCUT2D eigenvalue weighted by Crippen LogP contribution is 2.41. The average Bonchev–Trinajstić information content (AvgIpc) is 2.72. The highest BCUT2D eigenvalue weighted by Gasteiger charge is 2.44. The Bertz CT molecular complexity index is 1050. The lowest BCUT2D eigenvalue weighted by Gasteiger charge is -2.51. The van der Waals surface area contributed by atoms with Gasteiger partial charge in [0.25, 0.3) is 0 Å². The second kappa shape index (κ2) is 8.11. The summed E-state index contributed by atoms with van der Waals surface area (Å²) >= 11 is 0. The monoisotopic (exact) mass is 406 g/mol. The molecular formula is C24H26N2O2S. The van der Waals surface area contributed by atoms with Crippen LogP contribution < -0.4 is 4.72 Å². The van der Waals surface area contributed by atoms with Crippen LogP contribution in [0.4, 0.5) is 0 Å². The van der Waals surface area contributed by atoms with Crippen molar-refractivity contribution in [2.75, 3.05) is 6.54 Å². The van der Waals surface area contributed by atoms with Crippen molar-refractivity contribution in [1.82, 2.24) is 9.62 Å². The molecule has 3 aromatic carbocycles. The highest BCUT2D eigenvalue weighted by atomic mass is 32.2. The van der Waals surface area contributed by atoms with Crippen LogP contribution in [0.25, 0.3) is 0 Å². The molecule has 0 amide bonds. The fourth-order valence-electron chi connectivity index (χ4n) is 4.02.